The number of carbonyl (C=O) groups is 2. The average Bonchev–Trinajstić information content (AvgIpc) is 2.85. The summed E-state index contributed by atoms with van der Waals surface area (Å²) in [5.41, 5.74) is 7.21. The highest BCUT2D eigenvalue weighted by atomic mass is 16.4. The first-order chi connectivity index (χ1) is 17.2. The molecule has 1 aliphatic carbocycles. The number of primary amides is 1. The van der Waals surface area contributed by atoms with Crippen LogP contribution >= 0.6 is 0 Å². The number of carboxylic acid groups (broad SMARTS) is 1. The fourth-order valence-corrected chi connectivity index (χ4v) is 5.17. The monoisotopic (exact) mass is 497 g/mol. The number of piperidine rings is 1. The van der Waals surface area contributed by atoms with Crippen LogP contribution in [0.4, 0.5) is 22.2 Å². The molecule has 2 aliphatic rings. The summed E-state index contributed by atoms with van der Waals surface area (Å²) in [4.78, 5) is 47.3. The zero-order valence-corrected chi connectivity index (χ0v) is 20.9. The van der Waals surface area contributed by atoms with Crippen LogP contribution in [0.5, 0.6) is 0 Å². The molecule has 3 heterocycles. The van der Waals surface area contributed by atoms with Crippen LogP contribution in [-0.2, 0) is 0 Å². The Morgan fingerprint density at radius 3 is 2.58 bits per heavy atom. The maximum absolute atomic E-state index is 13.2. The van der Waals surface area contributed by atoms with Crippen molar-refractivity contribution in [3.63, 3.8) is 0 Å². The molecular weight excluding hydrogens is 462 g/mol. The third-order valence-electron chi connectivity index (χ3n) is 7.01. The van der Waals surface area contributed by atoms with Gasteiger partial charge < -0.3 is 30.9 Å². The number of hydrogen-bond donors (Lipinski definition) is 4. The van der Waals surface area contributed by atoms with Crippen molar-refractivity contribution in [2.45, 2.75) is 76.8 Å². The second-order valence-electron chi connectivity index (χ2n) is 9.98. The first-order valence-corrected chi connectivity index (χ1v) is 12.7. The summed E-state index contributed by atoms with van der Waals surface area (Å²) in [7, 11) is 0. The Morgan fingerprint density at radius 2 is 1.92 bits per heavy atom. The highest BCUT2D eigenvalue weighted by Crippen LogP contribution is 2.33. The quantitative estimate of drug-likeness (QED) is 0.454. The number of nitrogens with zero attached hydrogens (tertiary/aromatic N) is 4. The summed E-state index contributed by atoms with van der Waals surface area (Å²) in [6, 6.07) is 1.60. The minimum absolute atomic E-state index is 0.0197. The molecule has 4 rings (SSSR count). The van der Waals surface area contributed by atoms with Gasteiger partial charge in [-0.25, -0.2) is 9.78 Å². The standard InChI is InChI=1S/C25H35N7O4/c1-15(2)32-14-18(11-19(23(32)34)16-7-4-3-5-8-16)28-22-20(21(26)33)12-27-24(30-22)31-10-6-9-17(13-31)29-25(35)36/h11-12,14-17,29H,3-10,13H2,1-2H3,(H2,26,33)(H,35,36)(H,27,28,30). The summed E-state index contributed by atoms with van der Waals surface area (Å²) >= 11 is 0. The van der Waals surface area contributed by atoms with Crippen molar-refractivity contribution in [2.24, 2.45) is 5.73 Å². The van der Waals surface area contributed by atoms with E-state index < -0.39 is 12.0 Å². The van der Waals surface area contributed by atoms with Gasteiger partial charge in [-0.15, -0.1) is 0 Å². The minimum Gasteiger partial charge on any atom is -0.465 e. The number of pyridine rings is 1. The first-order valence-electron chi connectivity index (χ1n) is 12.7. The predicted molar refractivity (Wildman–Crippen MR) is 137 cm³/mol. The Kier molecular flexibility index (Phi) is 7.76. The van der Waals surface area contributed by atoms with Gasteiger partial charge in [-0.2, -0.15) is 4.98 Å². The van der Waals surface area contributed by atoms with E-state index in [1.54, 1.807) is 10.8 Å². The third-order valence-corrected chi connectivity index (χ3v) is 7.01. The Labute approximate surface area is 210 Å². The van der Waals surface area contributed by atoms with Crippen LogP contribution in [0.15, 0.2) is 23.3 Å². The summed E-state index contributed by atoms with van der Waals surface area (Å²) < 4.78 is 1.71. The van der Waals surface area contributed by atoms with E-state index in [2.05, 4.69) is 20.6 Å². The van der Waals surface area contributed by atoms with E-state index in [9.17, 15) is 14.4 Å². The largest absolute Gasteiger partial charge is 0.465 e. The Bertz CT molecular complexity index is 1170. The zero-order valence-electron chi connectivity index (χ0n) is 20.9. The Balaban J connectivity index is 1.68. The van der Waals surface area contributed by atoms with Crippen LogP contribution < -0.4 is 26.8 Å². The fraction of sp³-hybridized carbons (Fsp3) is 0.560. The molecule has 11 nitrogen and oxygen atoms in total. The van der Waals surface area contributed by atoms with Gasteiger partial charge in [-0.1, -0.05) is 19.3 Å². The van der Waals surface area contributed by atoms with Crippen molar-refractivity contribution in [1.82, 2.24) is 19.9 Å². The van der Waals surface area contributed by atoms with Gasteiger partial charge in [0, 0.05) is 43.1 Å². The van der Waals surface area contributed by atoms with E-state index in [1.807, 2.05) is 24.8 Å². The number of amides is 2. The molecule has 0 radical (unpaired) electrons. The molecule has 2 aromatic heterocycles. The molecule has 1 saturated heterocycles. The molecule has 194 valence electrons. The van der Waals surface area contributed by atoms with Gasteiger partial charge in [0.05, 0.1) is 5.69 Å². The normalized spacial score (nSPS) is 18.8. The lowest BCUT2D eigenvalue weighted by atomic mass is 9.84. The first kappa shape index (κ1) is 25.5. The summed E-state index contributed by atoms with van der Waals surface area (Å²) in [5, 5.41) is 14.8. The van der Waals surface area contributed by atoms with E-state index in [0.29, 0.717) is 24.7 Å². The van der Waals surface area contributed by atoms with Gasteiger partial charge in [0.15, 0.2) is 0 Å². The number of aromatic nitrogens is 3. The van der Waals surface area contributed by atoms with E-state index in [0.717, 1.165) is 44.1 Å². The SMILES string of the molecule is CC(C)n1cc(Nc2nc(N3CCCC(NC(=O)O)C3)ncc2C(N)=O)cc(C2CCCCC2)c1=O. The van der Waals surface area contributed by atoms with Crippen LogP contribution in [0, 0.1) is 0 Å². The lowest BCUT2D eigenvalue weighted by Gasteiger charge is -2.32. The summed E-state index contributed by atoms with van der Waals surface area (Å²) in [6.45, 7) is 5.01. The van der Waals surface area contributed by atoms with Crippen molar-refractivity contribution in [3.05, 3.63) is 39.9 Å². The smallest absolute Gasteiger partial charge is 0.404 e. The predicted octanol–water partition coefficient (Wildman–Crippen LogP) is 3.35. The van der Waals surface area contributed by atoms with Crippen LogP contribution in [0.3, 0.4) is 0 Å². The van der Waals surface area contributed by atoms with E-state index >= 15 is 0 Å². The third kappa shape index (κ3) is 5.77. The molecule has 1 saturated carbocycles. The van der Waals surface area contributed by atoms with Gasteiger partial charge in [0.1, 0.15) is 11.4 Å². The Hall–Kier alpha value is -3.63. The van der Waals surface area contributed by atoms with Crippen LogP contribution in [0.1, 0.15) is 86.7 Å². The number of anilines is 3. The number of nitrogens with two attached hydrogens (primary N) is 1. The van der Waals surface area contributed by atoms with Gasteiger partial charge in [0.2, 0.25) is 5.95 Å². The number of carbonyl (C=O) groups excluding carboxylic acids is 1. The van der Waals surface area contributed by atoms with Gasteiger partial charge >= 0.3 is 6.09 Å². The molecule has 2 aromatic rings. The number of rotatable bonds is 7. The molecule has 0 aromatic carbocycles. The molecule has 1 aliphatic heterocycles. The topological polar surface area (TPSA) is 155 Å². The lowest BCUT2D eigenvalue weighted by molar-refractivity contribution is 0.100. The summed E-state index contributed by atoms with van der Waals surface area (Å²) in [6.07, 6.45) is 8.97. The fourth-order valence-electron chi connectivity index (χ4n) is 5.17. The van der Waals surface area contributed by atoms with Crippen LogP contribution in [0.2, 0.25) is 0 Å². The summed E-state index contributed by atoms with van der Waals surface area (Å²) in [5.74, 6) is 0.174. The second-order valence-corrected chi connectivity index (χ2v) is 9.98. The van der Waals surface area contributed by atoms with Crippen molar-refractivity contribution in [3.8, 4) is 0 Å². The number of hydrogen-bond acceptors (Lipinski definition) is 7. The van der Waals surface area contributed by atoms with Gasteiger partial charge in [-0.05, 0) is 51.5 Å². The minimum atomic E-state index is -1.07. The highest BCUT2D eigenvalue weighted by Gasteiger charge is 2.25. The molecule has 36 heavy (non-hydrogen) atoms. The van der Waals surface area contributed by atoms with Crippen LogP contribution in [0.25, 0.3) is 0 Å². The molecule has 0 spiro atoms. The lowest BCUT2D eigenvalue weighted by Crippen LogP contribution is -2.48. The molecular formula is C25H35N7O4. The molecule has 1 atom stereocenters. The maximum atomic E-state index is 13.2. The molecule has 0 bridgehead atoms. The van der Waals surface area contributed by atoms with Gasteiger partial charge in [-0.3, -0.25) is 9.59 Å². The van der Waals surface area contributed by atoms with Crippen molar-refractivity contribution in [1.29, 1.82) is 0 Å². The number of nitrogens with one attached hydrogen (secondary N) is 2. The van der Waals surface area contributed by atoms with E-state index in [4.69, 9.17) is 10.8 Å². The second kappa shape index (κ2) is 11.0. The average molecular weight is 498 g/mol. The van der Waals surface area contributed by atoms with Crippen molar-refractivity contribution in [2.75, 3.05) is 23.3 Å². The van der Waals surface area contributed by atoms with Crippen LogP contribution in [-0.4, -0.2) is 50.8 Å². The highest BCUT2D eigenvalue weighted by molar-refractivity contribution is 5.98. The van der Waals surface area contributed by atoms with Gasteiger partial charge in [0.25, 0.3) is 11.5 Å². The molecule has 2 fully saturated rings. The maximum Gasteiger partial charge on any atom is 0.404 e. The molecule has 11 heteroatoms. The molecule has 2 amide bonds. The van der Waals surface area contributed by atoms with E-state index in [-0.39, 0.29) is 34.9 Å². The molecule has 5 N–H and O–H groups in total. The Morgan fingerprint density at radius 1 is 1.17 bits per heavy atom. The van der Waals surface area contributed by atoms with Crippen molar-refractivity contribution < 1.29 is 14.7 Å². The van der Waals surface area contributed by atoms with E-state index in [1.165, 1.54) is 12.6 Å². The molecule has 1 unspecified atom stereocenters. The zero-order chi connectivity index (χ0) is 25.8. The van der Waals surface area contributed by atoms with Crippen molar-refractivity contribution >= 4 is 29.5 Å².